The fraction of sp³-hybridized carbons (Fsp3) is 1.00. The molecule has 2 heterocycles. The van der Waals surface area contributed by atoms with Gasteiger partial charge < -0.3 is 5.32 Å². The van der Waals surface area contributed by atoms with E-state index in [0.29, 0.717) is 41.3 Å². The molecule has 2 saturated heterocycles. The molecule has 0 bridgehead atoms. The summed E-state index contributed by atoms with van der Waals surface area (Å²) in [5, 5.41) is 3.71. The lowest BCUT2D eigenvalue weighted by atomic mass is 9.91. The fourth-order valence-electron chi connectivity index (χ4n) is 3.73. The van der Waals surface area contributed by atoms with Crippen molar-refractivity contribution in [1.29, 1.82) is 0 Å². The predicted molar refractivity (Wildman–Crippen MR) is 88.2 cm³/mol. The molecular weight excluding hydrogens is 284 g/mol. The maximum atomic E-state index is 11.7. The first-order valence-electron chi connectivity index (χ1n) is 8.50. The van der Waals surface area contributed by atoms with Crippen LogP contribution < -0.4 is 5.32 Å². The van der Waals surface area contributed by atoms with Crippen LogP contribution in [-0.2, 0) is 9.84 Å². The van der Waals surface area contributed by atoms with Gasteiger partial charge in [-0.05, 0) is 24.2 Å². The summed E-state index contributed by atoms with van der Waals surface area (Å²) in [7, 11) is -2.76. The molecule has 0 saturated carbocycles. The standard InChI is InChI=1S/C16H32N2O2S/c1-5-13(4)15-10-18(16(8-17-15)12(2)3)9-14-6-7-21(19,20)11-14/h12-17H,5-11H2,1-4H3. The molecule has 0 aromatic rings. The van der Waals surface area contributed by atoms with Crippen molar-refractivity contribution in [3.05, 3.63) is 0 Å². The van der Waals surface area contributed by atoms with Gasteiger partial charge in [0.2, 0.25) is 0 Å². The molecule has 5 heteroatoms. The minimum absolute atomic E-state index is 0.340. The first-order valence-corrected chi connectivity index (χ1v) is 10.3. The molecule has 4 atom stereocenters. The molecular formula is C16H32N2O2S. The lowest BCUT2D eigenvalue weighted by Crippen LogP contribution is -2.60. The molecule has 1 N–H and O–H groups in total. The van der Waals surface area contributed by atoms with E-state index in [1.807, 2.05) is 0 Å². The van der Waals surface area contributed by atoms with Crippen molar-refractivity contribution in [3.8, 4) is 0 Å². The highest BCUT2D eigenvalue weighted by Gasteiger charge is 2.35. The molecule has 2 aliphatic rings. The van der Waals surface area contributed by atoms with Gasteiger partial charge in [0, 0.05) is 31.7 Å². The molecule has 2 fully saturated rings. The molecule has 4 unspecified atom stereocenters. The number of piperazine rings is 1. The maximum absolute atomic E-state index is 11.7. The minimum Gasteiger partial charge on any atom is -0.311 e. The maximum Gasteiger partial charge on any atom is 0.150 e. The third kappa shape index (κ3) is 4.42. The Hall–Kier alpha value is -0.130. The van der Waals surface area contributed by atoms with Gasteiger partial charge in [0.25, 0.3) is 0 Å². The molecule has 0 amide bonds. The van der Waals surface area contributed by atoms with Crippen LogP contribution in [0, 0.1) is 17.8 Å². The largest absolute Gasteiger partial charge is 0.311 e. The Morgan fingerprint density at radius 3 is 2.52 bits per heavy atom. The summed E-state index contributed by atoms with van der Waals surface area (Å²) in [6, 6.07) is 1.08. The molecule has 0 aliphatic carbocycles. The molecule has 0 aromatic carbocycles. The third-order valence-corrected chi connectivity index (χ3v) is 7.25. The second kappa shape index (κ2) is 6.97. The second-order valence-electron chi connectivity index (χ2n) is 7.43. The smallest absolute Gasteiger partial charge is 0.150 e. The summed E-state index contributed by atoms with van der Waals surface area (Å²) < 4.78 is 23.4. The SMILES string of the molecule is CCC(C)C1CN(CC2CCS(=O)(=O)C2)C(C(C)C)CN1. The summed E-state index contributed by atoms with van der Waals surface area (Å²) in [5.74, 6) is 2.41. The first kappa shape index (κ1) is 17.2. The van der Waals surface area contributed by atoms with Gasteiger partial charge in [0.05, 0.1) is 11.5 Å². The first-order chi connectivity index (χ1) is 9.82. The molecule has 0 aromatic heterocycles. The summed E-state index contributed by atoms with van der Waals surface area (Å²) >= 11 is 0. The van der Waals surface area contributed by atoms with Crippen molar-refractivity contribution < 1.29 is 8.42 Å². The lowest BCUT2D eigenvalue weighted by molar-refractivity contribution is 0.0702. The molecule has 2 aliphatic heterocycles. The van der Waals surface area contributed by atoms with Crippen LogP contribution in [0.25, 0.3) is 0 Å². The Balaban J connectivity index is 2.00. The number of sulfone groups is 1. The van der Waals surface area contributed by atoms with Gasteiger partial charge in [-0.15, -0.1) is 0 Å². The van der Waals surface area contributed by atoms with Crippen LogP contribution in [-0.4, -0.2) is 56.5 Å². The zero-order valence-corrected chi connectivity index (χ0v) is 14.8. The minimum atomic E-state index is -2.76. The molecule has 4 nitrogen and oxygen atoms in total. The van der Waals surface area contributed by atoms with Crippen LogP contribution >= 0.6 is 0 Å². The van der Waals surface area contributed by atoms with Gasteiger partial charge in [0.15, 0.2) is 9.84 Å². The normalized spacial score (nSPS) is 35.2. The Bertz CT molecular complexity index is 436. The van der Waals surface area contributed by atoms with E-state index in [-0.39, 0.29) is 0 Å². The van der Waals surface area contributed by atoms with Crippen LogP contribution in [0.3, 0.4) is 0 Å². The zero-order valence-electron chi connectivity index (χ0n) is 14.0. The van der Waals surface area contributed by atoms with E-state index in [9.17, 15) is 8.42 Å². The Morgan fingerprint density at radius 1 is 1.29 bits per heavy atom. The van der Waals surface area contributed by atoms with E-state index in [1.165, 1.54) is 6.42 Å². The topological polar surface area (TPSA) is 49.4 Å². The highest BCUT2D eigenvalue weighted by molar-refractivity contribution is 7.91. The second-order valence-corrected chi connectivity index (χ2v) is 9.66. The third-order valence-electron chi connectivity index (χ3n) is 5.41. The zero-order chi connectivity index (χ0) is 15.6. The van der Waals surface area contributed by atoms with Crippen LogP contribution in [0.1, 0.15) is 40.5 Å². The number of nitrogens with one attached hydrogen (secondary N) is 1. The van der Waals surface area contributed by atoms with Gasteiger partial charge in [-0.2, -0.15) is 0 Å². The Morgan fingerprint density at radius 2 is 2.00 bits per heavy atom. The predicted octanol–water partition coefficient (Wildman–Crippen LogP) is 1.77. The average Bonchev–Trinajstić information content (AvgIpc) is 2.76. The van der Waals surface area contributed by atoms with Gasteiger partial charge in [-0.3, -0.25) is 4.90 Å². The Labute approximate surface area is 130 Å². The van der Waals surface area contributed by atoms with Crippen LogP contribution in [0.15, 0.2) is 0 Å². The highest BCUT2D eigenvalue weighted by Crippen LogP contribution is 2.25. The van der Waals surface area contributed by atoms with Gasteiger partial charge >= 0.3 is 0 Å². The molecule has 2 rings (SSSR count). The van der Waals surface area contributed by atoms with E-state index < -0.39 is 9.84 Å². The van der Waals surface area contributed by atoms with Crippen LogP contribution in [0.2, 0.25) is 0 Å². The number of rotatable bonds is 5. The van der Waals surface area contributed by atoms with Gasteiger partial charge in [0.1, 0.15) is 0 Å². The van der Waals surface area contributed by atoms with E-state index >= 15 is 0 Å². The summed E-state index contributed by atoms with van der Waals surface area (Å²) in [5.41, 5.74) is 0. The molecule has 21 heavy (non-hydrogen) atoms. The van der Waals surface area contributed by atoms with E-state index in [0.717, 1.165) is 26.1 Å². The van der Waals surface area contributed by atoms with Crippen LogP contribution in [0.4, 0.5) is 0 Å². The number of nitrogens with zero attached hydrogens (tertiary/aromatic N) is 1. The van der Waals surface area contributed by atoms with Gasteiger partial charge in [-0.25, -0.2) is 8.42 Å². The van der Waals surface area contributed by atoms with E-state index in [2.05, 4.69) is 37.9 Å². The summed E-state index contributed by atoms with van der Waals surface area (Å²) in [4.78, 5) is 2.57. The van der Waals surface area contributed by atoms with Gasteiger partial charge in [-0.1, -0.05) is 34.1 Å². The number of hydrogen-bond acceptors (Lipinski definition) is 4. The monoisotopic (exact) mass is 316 g/mol. The van der Waals surface area contributed by atoms with Crippen molar-refractivity contribution in [1.82, 2.24) is 10.2 Å². The fourth-order valence-corrected chi connectivity index (χ4v) is 5.58. The van der Waals surface area contributed by atoms with E-state index in [4.69, 9.17) is 0 Å². The molecule has 0 spiro atoms. The van der Waals surface area contributed by atoms with Crippen molar-refractivity contribution in [2.75, 3.05) is 31.1 Å². The summed E-state index contributed by atoms with van der Waals surface area (Å²) in [6.07, 6.45) is 2.04. The van der Waals surface area contributed by atoms with Crippen molar-refractivity contribution >= 4 is 9.84 Å². The average molecular weight is 317 g/mol. The van der Waals surface area contributed by atoms with Crippen molar-refractivity contribution in [2.24, 2.45) is 17.8 Å². The van der Waals surface area contributed by atoms with Crippen molar-refractivity contribution in [2.45, 2.75) is 52.6 Å². The van der Waals surface area contributed by atoms with Crippen LogP contribution in [0.5, 0.6) is 0 Å². The lowest BCUT2D eigenvalue weighted by Gasteiger charge is -2.45. The van der Waals surface area contributed by atoms with Crippen molar-refractivity contribution in [3.63, 3.8) is 0 Å². The quantitative estimate of drug-likeness (QED) is 0.840. The van der Waals surface area contributed by atoms with E-state index in [1.54, 1.807) is 0 Å². The summed E-state index contributed by atoms with van der Waals surface area (Å²) in [6.45, 7) is 12.2. The molecule has 124 valence electrons. The number of hydrogen-bond donors (Lipinski definition) is 1. The Kier molecular flexibility index (Phi) is 5.71. The molecule has 0 radical (unpaired) electrons. The highest BCUT2D eigenvalue weighted by atomic mass is 32.2.